The largest absolute Gasteiger partial charge is 0.493 e. The lowest BCUT2D eigenvalue weighted by atomic mass is 10.2. The Labute approximate surface area is 165 Å². The highest BCUT2D eigenvalue weighted by Gasteiger charge is 2.11. The molecular weight excluding hydrogens is 389 g/mol. The number of halogens is 2. The van der Waals surface area contributed by atoms with Crippen molar-refractivity contribution < 1.29 is 13.9 Å². The molecule has 140 valence electrons. The summed E-state index contributed by atoms with van der Waals surface area (Å²) in [7, 11) is 1.56. The van der Waals surface area contributed by atoms with Gasteiger partial charge in [-0.2, -0.15) is 5.10 Å². The van der Waals surface area contributed by atoms with E-state index in [0.717, 1.165) is 16.8 Å². The van der Waals surface area contributed by atoms with Gasteiger partial charge in [0, 0.05) is 10.9 Å². The first-order chi connectivity index (χ1) is 13.1. The van der Waals surface area contributed by atoms with Crippen molar-refractivity contribution in [3.05, 3.63) is 58.2 Å². The van der Waals surface area contributed by atoms with E-state index in [0.29, 0.717) is 28.3 Å². The van der Waals surface area contributed by atoms with Gasteiger partial charge in [-0.3, -0.25) is 5.43 Å². The van der Waals surface area contributed by atoms with Crippen LogP contribution in [-0.4, -0.2) is 24.9 Å². The van der Waals surface area contributed by atoms with Crippen LogP contribution in [0.2, 0.25) is 5.02 Å². The van der Waals surface area contributed by atoms with Gasteiger partial charge in [0.1, 0.15) is 5.82 Å². The summed E-state index contributed by atoms with van der Waals surface area (Å²) < 4.78 is 23.8. The number of hydrogen-bond acceptors (Lipinski definition) is 6. The summed E-state index contributed by atoms with van der Waals surface area (Å²) >= 11 is 7.65. The number of hydrogen-bond donors (Lipinski definition) is 1. The predicted octanol–water partition coefficient (Wildman–Crippen LogP) is 5.46. The molecule has 0 spiro atoms. The minimum atomic E-state index is -0.277. The molecule has 0 saturated heterocycles. The van der Waals surface area contributed by atoms with Crippen molar-refractivity contribution in [1.29, 1.82) is 0 Å². The zero-order valence-electron chi connectivity index (χ0n) is 14.7. The van der Waals surface area contributed by atoms with Crippen LogP contribution < -0.4 is 14.9 Å². The van der Waals surface area contributed by atoms with Crippen LogP contribution in [-0.2, 0) is 0 Å². The van der Waals surface area contributed by atoms with E-state index in [1.54, 1.807) is 37.6 Å². The van der Waals surface area contributed by atoms with Crippen LogP contribution in [0.3, 0.4) is 0 Å². The first-order valence-electron chi connectivity index (χ1n) is 8.11. The van der Waals surface area contributed by atoms with Crippen LogP contribution in [0.25, 0.3) is 11.3 Å². The molecule has 2 aromatic carbocycles. The standard InChI is InChI=1S/C19H17ClFN3O2S/c1-3-26-18-15(20)8-12(9-17(18)25-2)10-22-24-19-23-16(11-27-19)13-4-6-14(21)7-5-13/h4-11H,3H2,1-2H3,(H,23,24)/b22-10-. The number of hydrazone groups is 1. The van der Waals surface area contributed by atoms with Crippen molar-refractivity contribution in [3.8, 4) is 22.8 Å². The Bertz CT molecular complexity index is 945. The molecule has 0 unspecified atom stereocenters. The molecule has 0 amide bonds. The number of rotatable bonds is 7. The van der Waals surface area contributed by atoms with Crippen molar-refractivity contribution in [2.24, 2.45) is 5.10 Å². The number of anilines is 1. The third-order valence-corrected chi connectivity index (χ3v) is 4.59. The molecule has 8 heteroatoms. The third kappa shape index (κ3) is 4.75. The molecule has 0 bridgehead atoms. The van der Waals surface area contributed by atoms with E-state index in [4.69, 9.17) is 21.1 Å². The maximum Gasteiger partial charge on any atom is 0.203 e. The normalized spacial score (nSPS) is 11.0. The van der Waals surface area contributed by atoms with Crippen molar-refractivity contribution in [2.75, 3.05) is 19.1 Å². The Balaban J connectivity index is 1.71. The molecule has 0 fully saturated rings. The number of ether oxygens (including phenoxy) is 2. The fourth-order valence-electron chi connectivity index (χ4n) is 2.34. The van der Waals surface area contributed by atoms with Gasteiger partial charge < -0.3 is 9.47 Å². The van der Waals surface area contributed by atoms with Crippen LogP contribution in [0.4, 0.5) is 9.52 Å². The number of thiazole rings is 1. The smallest absolute Gasteiger partial charge is 0.203 e. The fourth-order valence-corrected chi connectivity index (χ4v) is 3.28. The minimum Gasteiger partial charge on any atom is -0.493 e. The SMILES string of the molecule is CCOc1c(Cl)cc(/C=N\Nc2nc(-c3ccc(F)cc3)cs2)cc1OC. The van der Waals surface area contributed by atoms with E-state index in [1.807, 2.05) is 12.3 Å². The van der Waals surface area contributed by atoms with Gasteiger partial charge in [-0.05, 0) is 48.9 Å². The predicted molar refractivity (Wildman–Crippen MR) is 108 cm³/mol. The molecule has 0 saturated carbocycles. The molecule has 1 heterocycles. The summed E-state index contributed by atoms with van der Waals surface area (Å²) in [6.45, 7) is 2.37. The maximum absolute atomic E-state index is 13.0. The maximum atomic E-state index is 13.0. The van der Waals surface area contributed by atoms with E-state index in [9.17, 15) is 4.39 Å². The zero-order chi connectivity index (χ0) is 19.2. The number of nitrogens with one attached hydrogen (secondary N) is 1. The summed E-state index contributed by atoms with van der Waals surface area (Å²) in [4.78, 5) is 4.43. The molecule has 1 aromatic heterocycles. The van der Waals surface area contributed by atoms with Crippen LogP contribution in [0.1, 0.15) is 12.5 Å². The van der Waals surface area contributed by atoms with E-state index < -0.39 is 0 Å². The van der Waals surface area contributed by atoms with Crippen LogP contribution in [0, 0.1) is 5.82 Å². The second kappa shape index (κ2) is 8.83. The van der Waals surface area contributed by atoms with Gasteiger partial charge in [0.15, 0.2) is 11.5 Å². The van der Waals surface area contributed by atoms with E-state index in [2.05, 4.69) is 15.5 Å². The Morgan fingerprint density at radius 1 is 1.30 bits per heavy atom. The Morgan fingerprint density at radius 3 is 2.78 bits per heavy atom. The van der Waals surface area contributed by atoms with Gasteiger partial charge in [0.2, 0.25) is 5.13 Å². The Hall–Kier alpha value is -2.64. The lowest BCUT2D eigenvalue weighted by Crippen LogP contribution is -1.98. The van der Waals surface area contributed by atoms with Gasteiger partial charge in [0.25, 0.3) is 0 Å². The summed E-state index contributed by atoms with van der Waals surface area (Å²) in [6, 6.07) is 9.71. The van der Waals surface area contributed by atoms with Crippen LogP contribution >= 0.6 is 22.9 Å². The topological polar surface area (TPSA) is 55.7 Å². The molecule has 5 nitrogen and oxygen atoms in total. The lowest BCUT2D eigenvalue weighted by Gasteiger charge is -2.11. The summed E-state index contributed by atoms with van der Waals surface area (Å²) in [6.07, 6.45) is 1.61. The highest BCUT2D eigenvalue weighted by atomic mass is 35.5. The summed E-state index contributed by atoms with van der Waals surface area (Å²) in [5.41, 5.74) is 5.23. The average Bonchev–Trinajstić information content (AvgIpc) is 3.13. The van der Waals surface area contributed by atoms with Gasteiger partial charge >= 0.3 is 0 Å². The molecule has 0 aliphatic heterocycles. The second-order valence-electron chi connectivity index (χ2n) is 5.38. The molecule has 0 aliphatic rings. The molecular formula is C19H17ClFN3O2S. The molecule has 0 radical (unpaired) electrons. The van der Waals surface area contributed by atoms with Crippen molar-refractivity contribution in [1.82, 2.24) is 4.98 Å². The van der Waals surface area contributed by atoms with Gasteiger partial charge in [-0.1, -0.05) is 11.6 Å². The quantitative estimate of drug-likeness (QED) is 0.419. The molecule has 3 rings (SSSR count). The molecule has 0 atom stereocenters. The molecule has 1 N–H and O–H groups in total. The minimum absolute atomic E-state index is 0.277. The van der Waals surface area contributed by atoms with Gasteiger partial charge in [0.05, 0.1) is 30.6 Å². The molecule has 3 aromatic rings. The number of aromatic nitrogens is 1. The number of methoxy groups -OCH3 is 1. The molecule has 0 aliphatic carbocycles. The average molecular weight is 406 g/mol. The Morgan fingerprint density at radius 2 is 2.07 bits per heavy atom. The van der Waals surface area contributed by atoms with E-state index in [-0.39, 0.29) is 5.82 Å². The van der Waals surface area contributed by atoms with Crippen molar-refractivity contribution in [3.63, 3.8) is 0 Å². The summed E-state index contributed by atoms with van der Waals surface area (Å²) in [5.74, 6) is 0.774. The van der Waals surface area contributed by atoms with Crippen molar-refractivity contribution >= 4 is 34.3 Å². The number of benzene rings is 2. The van der Waals surface area contributed by atoms with Crippen LogP contribution in [0.15, 0.2) is 46.9 Å². The third-order valence-electron chi connectivity index (χ3n) is 3.56. The van der Waals surface area contributed by atoms with Gasteiger partial charge in [-0.25, -0.2) is 9.37 Å². The van der Waals surface area contributed by atoms with Crippen molar-refractivity contribution in [2.45, 2.75) is 6.92 Å². The van der Waals surface area contributed by atoms with E-state index >= 15 is 0 Å². The monoisotopic (exact) mass is 405 g/mol. The number of nitrogens with zero attached hydrogens (tertiary/aromatic N) is 2. The van der Waals surface area contributed by atoms with Gasteiger partial charge in [-0.15, -0.1) is 11.3 Å². The highest BCUT2D eigenvalue weighted by Crippen LogP contribution is 2.36. The second-order valence-corrected chi connectivity index (χ2v) is 6.65. The van der Waals surface area contributed by atoms with E-state index in [1.165, 1.54) is 23.5 Å². The summed E-state index contributed by atoms with van der Waals surface area (Å²) in [5, 5.41) is 7.13. The highest BCUT2D eigenvalue weighted by molar-refractivity contribution is 7.14. The van der Waals surface area contributed by atoms with Crippen LogP contribution in [0.5, 0.6) is 11.5 Å². The lowest BCUT2D eigenvalue weighted by molar-refractivity contribution is 0.311. The fraction of sp³-hybridized carbons (Fsp3) is 0.158. The molecule has 27 heavy (non-hydrogen) atoms. The Kier molecular flexibility index (Phi) is 6.26. The first-order valence-corrected chi connectivity index (χ1v) is 9.37. The first kappa shape index (κ1) is 19.1. The zero-order valence-corrected chi connectivity index (χ0v) is 16.3.